The van der Waals surface area contributed by atoms with Crippen LogP contribution < -0.4 is 10.2 Å². The smallest absolute Gasteiger partial charge is 0.277 e. The van der Waals surface area contributed by atoms with Crippen molar-refractivity contribution in [2.24, 2.45) is 5.10 Å². The van der Waals surface area contributed by atoms with Crippen LogP contribution in [0.15, 0.2) is 90.2 Å². The molecule has 0 unspecified atom stereocenters. The van der Waals surface area contributed by atoms with E-state index in [9.17, 15) is 4.79 Å². The van der Waals surface area contributed by atoms with Gasteiger partial charge in [0.2, 0.25) is 0 Å². The largest absolute Gasteiger partial charge is 0.482 e. The van der Waals surface area contributed by atoms with E-state index in [0.29, 0.717) is 10.8 Å². The lowest BCUT2D eigenvalue weighted by Crippen LogP contribution is -2.24. The van der Waals surface area contributed by atoms with Gasteiger partial charge in [-0.15, -0.1) is 0 Å². The number of para-hydroxylation sites is 2. The summed E-state index contributed by atoms with van der Waals surface area (Å²) in [6.07, 6.45) is 3.46. The van der Waals surface area contributed by atoms with E-state index in [4.69, 9.17) is 21.4 Å². The molecule has 6 nitrogen and oxygen atoms in total. The molecule has 0 spiro atoms. The second-order valence-electron chi connectivity index (χ2n) is 7.09. The molecule has 160 valence electrons. The topological polar surface area (TPSA) is 68.5 Å². The van der Waals surface area contributed by atoms with Gasteiger partial charge in [-0.3, -0.25) is 4.79 Å². The first kappa shape index (κ1) is 21.3. The van der Waals surface area contributed by atoms with Gasteiger partial charge in [0.1, 0.15) is 11.4 Å². The third kappa shape index (κ3) is 5.22. The van der Waals surface area contributed by atoms with Gasteiger partial charge >= 0.3 is 0 Å². The van der Waals surface area contributed by atoms with Crippen molar-refractivity contribution in [3.63, 3.8) is 0 Å². The zero-order chi connectivity index (χ0) is 22.3. The van der Waals surface area contributed by atoms with Crippen LogP contribution in [0, 0.1) is 6.92 Å². The van der Waals surface area contributed by atoms with E-state index in [1.807, 2.05) is 61.7 Å². The molecule has 1 aromatic heterocycles. The monoisotopic (exact) mass is 444 g/mol. The number of hydrazone groups is 1. The molecule has 3 aromatic carbocycles. The van der Waals surface area contributed by atoms with E-state index in [1.165, 1.54) is 0 Å². The number of hydrogen-bond donors (Lipinski definition) is 1. The lowest BCUT2D eigenvalue weighted by Gasteiger charge is -2.06. The first-order valence-corrected chi connectivity index (χ1v) is 10.4. The van der Waals surface area contributed by atoms with Gasteiger partial charge in [-0.05, 0) is 37.3 Å². The molecule has 1 N–H and O–H groups in total. The molecule has 0 radical (unpaired) electrons. The molecule has 4 aromatic rings. The van der Waals surface area contributed by atoms with Gasteiger partial charge in [0.15, 0.2) is 6.61 Å². The first-order chi connectivity index (χ1) is 15.6. The zero-order valence-electron chi connectivity index (χ0n) is 17.4. The van der Waals surface area contributed by atoms with Crippen LogP contribution in [0.2, 0.25) is 5.02 Å². The summed E-state index contributed by atoms with van der Waals surface area (Å²) in [5, 5.41) is 9.29. The second kappa shape index (κ2) is 9.94. The lowest BCUT2D eigenvalue weighted by molar-refractivity contribution is -0.123. The molecule has 0 atom stereocenters. The number of hydrogen-bond acceptors (Lipinski definition) is 4. The third-order valence-electron chi connectivity index (χ3n) is 4.64. The van der Waals surface area contributed by atoms with Crippen molar-refractivity contribution in [1.82, 2.24) is 15.2 Å². The normalized spacial score (nSPS) is 10.9. The minimum absolute atomic E-state index is 0.199. The summed E-state index contributed by atoms with van der Waals surface area (Å²) >= 11 is 6.04. The van der Waals surface area contributed by atoms with E-state index in [0.717, 1.165) is 28.1 Å². The highest BCUT2D eigenvalue weighted by Gasteiger charge is 2.12. The van der Waals surface area contributed by atoms with Gasteiger partial charge in [-0.1, -0.05) is 65.7 Å². The van der Waals surface area contributed by atoms with Crippen LogP contribution in [-0.4, -0.2) is 28.5 Å². The van der Waals surface area contributed by atoms with Crippen LogP contribution in [0.4, 0.5) is 0 Å². The molecule has 0 bridgehead atoms. The molecule has 0 aliphatic carbocycles. The maximum Gasteiger partial charge on any atom is 0.277 e. The quantitative estimate of drug-likeness (QED) is 0.321. The van der Waals surface area contributed by atoms with Crippen molar-refractivity contribution in [2.45, 2.75) is 6.92 Å². The Morgan fingerprint density at radius 2 is 1.88 bits per heavy atom. The van der Waals surface area contributed by atoms with Crippen molar-refractivity contribution in [3.05, 3.63) is 101 Å². The minimum Gasteiger partial charge on any atom is -0.482 e. The molecule has 7 heteroatoms. The molecule has 1 amide bonds. The second-order valence-corrected chi connectivity index (χ2v) is 7.50. The fourth-order valence-corrected chi connectivity index (χ4v) is 3.31. The van der Waals surface area contributed by atoms with E-state index in [2.05, 4.69) is 16.6 Å². The Labute approximate surface area is 191 Å². The van der Waals surface area contributed by atoms with Crippen molar-refractivity contribution < 1.29 is 9.53 Å². The zero-order valence-corrected chi connectivity index (χ0v) is 18.2. The number of benzene rings is 3. The van der Waals surface area contributed by atoms with Crippen LogP contribution in [0.5, 0.6) is 5.75 Å². The molecule has 0 fully saturated rings. The molecular formula is C25H21ClN4O2. The molecule has 1 heterocycles. The number of nitrogens with one attached hydrogen (secondary N) is 1. The molecule has 0 aliphatic rings. The number of amides is 1. The predicted octanol–water partition coefficient (Wildman–Crippen LogP) is 5.03. The van der Waals surface area contributed by atoms with Crippen LogP contribution >= 0.6 is 11.6 Å². The number of halogens is 1. The Hall–Kier alpha value is -3.90. The Bertz CT molecular complexity index is 1250. The summed E-state index contributed by atoms with van der Waals surface area (Å²) in [6, 6.07) is 24.9. The minimum atomic E-state index is -0.395. The predicted molar refractivity (Wildman–Crippen MR) is 126 cm³/mol. The summed E-state index contributed by atoms with van der Waals surface area (Å²) in [7, 11) is 0. The van der Waals surface area contributed by atoms with Crippen molar-refractivity contribution in [2.75, 3.05) is 6.61 Å². The number of aromatic nitrogens is 2. The van der Waals surface area contributed by atoms with Gasteiger partial charge in [0, 0.05) is 17.3 Å². The van der Waals surface area contributed by atoms with Crippen LogP contribution in [-0.2, 0) is 4.79 Å². The number of carbonyl (C=O) groups is 1. The molecule has 32 heavy (non-hydrogen) atoms. The van der Waals surface area contributed by atoms with Crippen LogP contribution in [0.1, 0.15) is 11.1 Å². The van der Waals surface area contributed by atoms with Gasteiger partial charge in [0.05, 0.1) is 16.9 Å². The molecule has 0 saturated carbocycles. The first-order valence-electron chi connectivity index (χ1n) is 10.0. The number of aryl methyl sites for hydroxylation is 1. The fourth-order valence-electron chi connectivity index (χ4n) is 3.12. The molecule has 0 aliphatic heterocycles. The van der Waals surface area contributed by atoms with Gasteiger partial charge in [-0.2, -0.15) is 10.2 Å². The Morgan fingerprint density at radius 1 is 1.09 bits per heavy atom. The SMILES string of the molecule is Cc1cccc(-c2nn(-c3ccccc3)cc2/C=N/NC(=O)COc2ccccc2Cl)c1. The molecule has 4 rings (SSSR count). The van der Waals surface area contributed by atoms with E-state index < -0.39 is 5.91 Å². The number of nitrogens with zero attached hydrogens (tertiary/aromatic N) is 3. The van der Waals surface area contributed by atoms with Crippen molar-refractivity contribution >= 4 is 23.7 Å². The maximum absolute atomic E-state index is 12.1. The standard InChI is InChI=1S/C25H21ClN4O2/c1-18-8-7-9-19(14-18)25-20(16-30(29-25)21-10-3-2-4-11-21)15-27-28-24(31)17-32-23-13-6-5-12-22(23)26/h2-16H,17H2,1H3,(H,28,31)/b27-15+. The molecule has 0 saturated heterocycles. The van der Waals surface area contributed by atoms with Gasteiger partial charge in [0.25, 0.3) is 5.91 Å². The lowest BCUT2D eigenvalue weighted by atomic mass is 10.1. The van der Waals surface area contributed by atoms with Crippen molar-refractivity contribution in [1.29, 1.82) is 0 Å². The number of ether oxygens (including phenoxy) is 1. The van der Waals surface area contributed by atoms with E-state index >= 15 is 0 Å². The Kier molecular flexibility index (Phi) is 6.63. The maximum atomic E-state index is 12.1. The summed E-state index contributed by atoms with van der Waals surface area (Å²) in [6.45, 7) is 1.83. The van der Waals surface area contributed by atoms with Crippen LogP contribution in [0.3, 0.4) is 0 Å². The van der Waals surface area contributed by atoms with Crippen molar-refractivity contribution in [3.8, 4) is 22.7 Å². The highest BCUT2D eigenvalue weighted by atomic mass is 35.5. The average Bonchev–Trinajstić information content (AvgIpc) is 3.23. The Morgan fingerprint density at radius 3 is 2.66 bits per heavy atom. The van der Waals surface area contributed by atoms with Gasteiger partial charge in [-0.25, -0.2) is 10.1 Å². The summed E-state index contributed by atoms with van der Waals surface area (Å²) in [5.74, 6) is 0.0490. The highest BCUT2D eigenvalue weighted by Crippen LogP contribution is 2.24. The number of rotatable bonds is 7. The summed E-state index contributed by atoms with van der Waals surface area (Å²) < 4.78 is 7.23. The Balaban J connectivity index is 1.51. The average molecular weight is 445 g/mol. The van der Waals surface area contributed by atoms with Gasteiger partial charge < -0.3 is 4.74 Å². The fraction of sp³-hybridized carbons (Fsp3) is 0.0800. The molecular weight excluding hydrogens is 424 g/mol. The van der Waals surface area contributed by atoms with Crippen LogP contribution in [0.25, 0.3) is 16.9 Å². The van der Waals surface area contributed by atoms with E-state index in [1.54, 1.807) is 35.2 Å². The number of carbonyl (C=O) groups excluding carboxylic acids is 1. The third-order valence-corrected chi connectivity index (χ3v) is 4.96. The summed E-state index contributed by atoms with van der Waals surface area (Å²) in [4.78, 5) is 12.1. The van der Waals surface area contributed by atoms with E-state index in [-0.39, 0.29) is 6.61 Å². The highest BCUT2D eigenvalue weighted by molar-refractivity contribution is 6.32. The summed E-state index contributed by atoms with van der Waals surface area (Å²) in [5.41, 5.74) is 7.05.